The van der Waals surface area contributed by atoms with Crippen molar-refractivity contribution in [2.24, 2.45) is 20.5 Å². The van der Waals surface area contributed by atoms with E-state index in [9.17, 15) is 15.2 Å². The van der Waals surface area contributed by atoms with Crippen LogP contribution >= 0.6 is 0 Å². The number of aromatic nitrogens is 2. The van der Waals surface area contributed by atoms with Crippen molar-refractivity contribution in [2.75, 3.05) is 0 Å². The zero-order valence-electron chi connectivity index (χ0n) is 39.4. The second-order valence-electron chi connectivity index (χ2n) is 17.5. The average molecular weight is 952 g/mol. The molecule has 8 bridgehead atoms. The zero-order valence-corrected chi connectivity index (χ0v) is 39.4. The van der Waals surface area contributed by atoms with Crippen LogP contribution < -0.4 is 14.2 Å². The summed E-state index contributed by atoms with van der Waals surface area (Å²) in [7, 11) is 0. The number of hydrogen-bond donors (Lipinski definition) is 2. The highest BCUT2D eigenvalue weighted by molar-refractivity contribution is 5.63. The van der Waals surface area contributed by atoms with Gasteiger partial charge in [0.05, 0.1) is 16.3 Å². The van der Waals surface area contributed by atoms with Crippen molar-refractivity contribution in [3.8, 4) is 23.0 Å². The number of nitrogens with one attached hydrogen (secondary N) is 1. The Hall–Kier alpha value is -9.23. The summed E-state index contributed by atoms with van der Waals surface area (Å²) in [5, 5.41) is 49.1. The van der Waals surface area contributed by atoms with Crippen LogP contribution in [0, 0.1) is 17.0 Å². The molecule has 0 saturated carbocycles. The van der Waals surface area contributed by atoms with Gasteiger partial charge >= 0.3 is 0 Å². The number of nitrogens with zero attached hydrogens (tertiary/aromatic N) is 6. The second-order valence-corrected chi connectivity index (χ2v) is 17.5. The number of hydrogen-bond acceptors (Lipinski definition) is 11. The Kier molecular flexibility index (Phi) is 13.9. The minimum atomic E-state index is -0.508. The van der Waals surface area contributed by atoms with E-state index in [0.29, 0.717) is 66.7 Å². The number of rotatable bonds is 14. The van der Waals surface area contributed by atoms with Crippen LogP contribution in [0.4, 0.5) is 28.6 Å². The van der Waals surface area contributed by atoms with Crippen LogP contribution in [-0.4, -0.2) is 20.2 Å². The van der Waals surface area contributed by atoms with Gasteiger partial charge in [0.1, 0.15) is 42.8 Å². The Morgan fingerprint density at radius 3 is 1.35 bits per heavy atom. The van der Waals surface area contributed by atoms with Crippen LogP contribution in [0.2, 0.25) is 0 Å². The molecule has 72 heavy (non-hydrogen) atoms. The van der Waals surface area contributed by atoms with E-state index in [1.807, 2.05) is 115 Å². The molecule has 356 valence electrons. The number of aromatic hydroxyl groups is 1. The predicted octanol–water partition coefficient (Wildman–Crippen LogP) is 14.6. The molecule has 13 nitrogen and oxygen atoms in total. The number of fused-ring (bicyclic) bond motifs is 8. The van der Waals surface area contributed by atoms with E-state index in [4.69, 9.17) is 19.3 Å². The van der Waals surface area contributed by atoms with Crippen LogP contribution in [0.3, 0.4) is 0 Å². The summed E-state index contributed by atoms with van der Waals surface area (Å²) in [6, 6.07) is 58.7. The highest BCUT2D eigenvalue weighted by atomic mass is 16.6. The van der Waals surface area contributed by atoms with Gasteiger partial charge in [0.15, 0.2) is 11.4 Å². The number of aromatic amines is 1. The molecule has 0 saturated heterocycles. The fraction of sp³-hybridized carbons (Fsp3) is 0.136. The molecule has 2 N–H and O–H groups in total. The second kappa shape index (κ2) is 21.6. The van der Waals surface area contributed by atoms with Crippen LogP contribution in [0.25, 0.3) is 0 Å². The Bertz CT molecular complexity index is 3290. The van der Waals surface area contributed by atoms with Crippen LogP contribution in [0.1, 0.15) is 66.9 Å². The van der Waals surface area contributed by atoms with Crippen molar-refractivity contribution in [2.45, 2.75) is 52.4 Å². The molecule has 10 rings (SSSR count). The Labute approximate surface area is 416 Å². The molecule has 0 spiro atoms. The molecule has 0 amide bonds. The van der Waals surface area contributed by atoms with E-state index in [-0.39, 0.29) is 41.5 Å². The molecule has 0 fully saturated rings. The first kappa shape index (κ1) is 46.5. The molecule has 1 heterocycles. The summed E-state index contributed by atoms with van der Waals surface area (Å²) in [6.07, 6.45) is 1.57. The van der Waals surface area contributed by atoms with Gasteiger partial charge in [-0.05, 0) is 75.2 Å². The molecule has 8 aromatic carbocycles. The first-order valence-electron chi connectivity index (χ1n) is 23.6. The van der Waals surface area contributed by atoms with E-state index in [2.05, 4.69) is 68.0 Å². The van der Waals surface area contributed by atoms with Crippen molar-refractivity contribution in [1.82, 2.24) is 10.2 Å². The number of benzene rings is 8. The van der Waals surface area contributed by atoms with E-state index in [1.54, 1.807) is 19.1 Å². The van der Waals surface area contributed by atoms with Gasteiger partial charge in [-0.3, -0.25) is 15.2 Å². The highest BCUT2D eigenvalue weighted by Crippen LogP contribution is 2.41. The predicted molar refractivity (Wildman–Crippen MR) is 276 cm³/mol. The number of phenols is 1. The first-order chi connectivity index (χ1) is 35.3. The molecule has 13 heteroatoms. The molecular formula is C59H49N7O6. The standard InChI is InChI=1S/C59H49N7O6/c1-39-54(63-62-52-28-11-12-29-53(52)66(68)69)59(64-60-39)65-61-51-34-49-32-47-26-14-24-45(57(47)71-37-41-18-7-3-8-19-41)30-43-22-13-23-44(56(43)70-36-40-16-5-2-6-17-40)31-46-25-15-27-48(33-50(35-51)55(49)67)58(46)72-38-42-20-9-4-10-21-42/h2-29,34-35,67H,30-33,36-38H2,1H3,(H,60,64). The van der Waals surface area contributed by atoms with E-state index in [0.717, 1.165) is 55.8 Å². The SMILES string of the molecule is Cc1[nH]nc(N=Nc2cc3c(O)c(c2)Cc2cccc(c2OCc2ccccc2)Cc2cccc(c2OCc2ccccc2)Cc2cccc(c2OCc2ccccc2)C3)c1N=Nc1ccccc1[N+](=O)[O-]. The number of phenolic OH excluding ortho intramolecular Hbond substituents is 1. The van der Waals surface area contributed by atoms with Crippen LogP contribution in [-0.2, 0) is 45.5 Å². The number of para-hydroxylation sites is 4. The normalized spacial score (nSPS) is 12.2. The lowest BCUT2D eigenvalue weighted by Gasteiger charge is -2.22. The van der Waals surface area contributed by atoms with E-state index >= 15 is 0 Å². The minimum absolute atomic E-state index is 0.0853. The maximum atomic E-state index is 12.4. The van der Waals surface area contributed by atoms with Crippen LogP contribution in [0.5, 0.6) is 23.0 Å². The molecule has 0 radical (unpaired) electrons. The lowest BCUT2D eigenvalue weighted by molar-refractivity contribution is -0.384. The fourth-order valence-corrected chi connectivity index (χ4v) is 8.90. The van der Waals surface area contributed by atoms with Crippen molar-refractivity contribution < 1.29 is 24.2 Å². The Morgan fingerprint density at radius 1 is 0.514 bits per heavy atom. The van der Waals surface area contributed by atoms with Crippen molar-refractivity contribution in [3.05, 3.63) is 259 Å². The summed E-state index contributed by atoms with van der Waals surface area (Å²) in [6.45, 7) is 2.79. The van der Waals surface area contributed by atoms with Gasteiger partial charge in [0, 0.05) is 42.9 Å². The summed E-state index contributed by atoms with van der Waals surface area (Å²) >= 11 is 0. The van der Waals surface area contributed by atoms with E-state index < -0.39 is 4.92 Å². The van der Waals surface area contributed by atoms with Crippen molar-refractivity contribution in [1.29, 1.82) is 0 Å². The quantitative estimate of drug-likeness (QED) is 0.0621. The number of nitro benzene ring substituents is 1. The average Bonchev–Trinajstić information content (AvgIpc) is 3.76. The summed E-state index contributed by atoms with van der Waals surface area (Å²) in [5.41, 5.74) is 11.1. The largest absolute Gasteiger partial charge is 0.507 e. The highest BCUT2D eigenvalue weighted by Gasteiger charge is 2.23. The van der Waals surface area contributed by atoms with Crippen LogP contribution in [0.15, 0.2) is 202 Å². The number of H-pyrrole nitrogens is 1. The molecule has 1 aromatic heterocycles. The van der Waals surface area contributed by atoms with Gasteiger partial charge in [-0.15, -0.1) is 20.5 Å². The molecule has 0 atom stereocenters. The number of ether oxygens (including phenoxy) is 3. The number of azo groups is 2. The Balaban J connectivity index is 1.10. The van der Waals surface area contributed by atoms with Gasteiger partial charge < -0.3 is 19.3 Å². The maximum Gasteiger partial charge on any atom is 0.296 e. The maximum absolute atomic E-state index is 12.4. The molecule has 1 aliphatic carbocycles. The van der Waals surface area contributed by atoms with Gasteiger partial charge in [0.25, 0.3) is 5.69 Å². The minimum Gasteiger partial charge on any atom is -0.507 e. The number of aryl methyl sites for hydroxylation is 1. The fourth-order valence-electron chi connectivity index (χ4n) is 8.90. The molecular weight excluding hydrogens is 903 g/mol. The zero-order chi connectivity index (χ0) is 49.2. The third-order valence-electron chi connectivity index (χ3n) is 12.5. The first-order valence-corrected chi connectivity index (χ1v) is 23.6. The third-order valence-corrected chi connectivity index (χ3v) is 12.5. The molecule has 1 aliphatic rings. The van der Waals surface area contributed by atoms with Gasteiger partial charge in [0.2, 0.25) is 5.82 Å². The van der Waals surface area contributed by atoms with Crippen molar-refractivity contribution >= 4 is 28.6 Å². The van der Waals surface area contributed by atoms with Crippen molar-refractivity contribution in [3.63, 3.8) is 0 Å². The van der Waals surface area contributed by atoms with Gasteiger partial charge in [-0.25, -0.2) is 0 Å². The summed E-state index contributed by atoms with van der Waals surface area (Å²) in [5.74, 6) is 2.47. The molecule has 0 aliphatic heterocycles. The number of nitro groups is 1. The lowest BCUT2D eigenvalue weighted by atomic mass is 9.91. The van der Waals surface area contributed by atoms with Gasteiger partial charge in [-0.1, -0.05) is 158 Å². The smallest absolute Gasteiger partial charge is 0.296 e. The monoisotopic (exact) mass is 951 g/mol. The lowest BCUT2D eigenvalue weighted by Crippen LogP contribution is -2.08. The van der Waals surface area contributed by atoms with Gasteiger partial charge in [-0.2, -0.15) is 5.10 Å². The summed E-state index contributed by atoms with van der Waals surface area (Å²) in [4.78, 5) is 11.2. The Morgan fingerprint density at radius 2 is 0.917 bits per heavy atom. The molecule has 0 unspecified atom stereocenters. The third kappa shape index (κ3) is 10.8. The topological polar surface area (TPSA) is 169 Å². The summed E-state index contributed by atoms with van der Waals surface area (Å²) < 4.78 is 20.6. The van der Waals surface area contributed by atoms with E-state index in [1.165, 1.54) is 12.1 Å². The molecule has 9 aromatic rings.